The molecule has 0 saturated heterocycles. The third kappa shape index (κ3) is 5.52. The van der Waals surface area contributed by atoms with Crippen LogP contribution in [0.15, 0.2) is 0 Å². The summed E-state index contributed by atoms with van der Waals surface area (Å²) in [4.78, 5) is 0. The molecule has 0 saturated carbocycles. The molecule has 1 radical (unpaired) electrons. The molecular weight excluding hydrogens is 100 g/mol. The molecule has 0 aliphatic rings. The van der Waals surface area contributed by atoms with E-state index in [0.717, 1.165) is 6.42 Å². The molecule has 0 bridgehead atoms. The Bertz CT molecular complexity index is 86.3. The van der Waals surface area contributed by atoms with Gasteiger partial charge in [-0.05, 0) is 13.8 Å². The van der Waals surface area contributed by atoms with E-state index >= 15 is 0 Å². The third-order valence-corrected chi connectivity index (χ3v) is 0.693. The fraction of sp³-hybridized carbons (Fsp3) is 0.571. The molecular formula is C7H11O. The molecule has 0 heterocycles. The molecule has 0 aromatic rings. The van der Waals surface area contributed by atoms with Crippen LogP contribution in [0.5, 0.6) is 0 Å². The van der Waals surface area contributed by atoms with Gasteiger partial charge in [-0.25, -0.2) is 0 Å². The van der Waals surface area contributed by atoms with Crippen LogP contribution < -0.4 is 0 Å². The first-order chi connectivity index (χ1) is 3.91. The Hall–Kier alpha value is -0.480. The maximum absolute atomic E-state index is 4.92. The number of ether oxygens (including phenoxy) is 1. The highest BCUT2D eigenvalue weighted by Gasteiger charge is 1.76. The van der Waals surface area contributed by atoms with E-state index in [2.05, 4.69) is 18.8 Å². The third-order valence-electron chi connectivity index (χ3n) is 0.693. The van der Waals surface area contributed by atoms with Crippen molar-refractivity contribution in [3.63, 3.8) is 0 Å². The van der Waals surface area contributed by atoms with Gasteiger partial charge in [-0.3, -0.25) is 0 Å². The highest BCUT2D eigenvalue weighted by molar-refractivity contribution is 4.94. The minimum Gasteiger partial charge on any atom is -0.380 e. The Balaban J connectivity index is 2.79. The second-order valence-electron chi connectivity index (χ2n) is 1.29. The van der Waals surface area contributed by atoms with Crippen molar-refractivity contribution in [1.29, 1.82) is 0 Å². The molecule has 45 valence electrons. The molecule has 0 unspecified atom stereocenters. The van der Waals surface area contributed by atoms with Crippen LogP contribution in [-0.2, 0) is 4.74 Å². The summed E-state index contributed by atoms with van der Waals surface area (Å²) in [7, 11) is 0. The summed E-state index contributed by atoms with van der Waals surface area (Å²) in [6.45, 7) is 6.60. The van der Waals surface area contributed by atoms with E-state index in [4.69, 9.17) is 4.74 Å². The first kappa shape index (κ1) is 7.52. The topological polar surface area (TPSA) is 9.23 Å². The SMILES string of the molecule is [CH2]COCCC#CC. The predicted molar refractivity (Wildman–Crippen MR) is 34.2 cm³/mol. The molecule has 1 nitrogen and oxygen atoms in total. The molecule has 0 N–H and O–H groups in total. The average molecular weight is 111 g/mol. The van der Waals surface area contributed by atoms with Gasteiger partial charge in [-0.2, -0.15) is 0 Å². The monoisotopic (exact) mass is 111 g/mol. The van der Waals surface area contributed by atoms with Gasteiger partial charge < -0.3 is 4.74 Å². The largest absolute Gasteiger partial charge is 0.380 e. The first-order valence-corrected chi connectivity index (χ1v) is 2.68. The van der Waals surface area contributed by atoms with E-state index in [1.165, 1.54) is 0 Å². The van der Waals surface area contributed by atoms with Crippen molar-refractivity contribution in [2.24, 2.45) is 0 Å². The fourth-order valence-electron chi connectivity index (χ4n) is 0.350. The van der Waals surface area contributed by atoms with Gasteiger partial charge in [0.1, 0.15) is 0 Å². The Morgan fingerprint density at radius 2 is 2.38 bits per heavy atom. The Morgan fingerprint density at radius 1 is 1.62 bits per heavy atom. The molecule has 0 fully saturated rings. The summed E-state index contributed by atoms with van der Waals surface area (Å²) in [5.74, 6) is 5.66. The van der Waals surface area contributed by atoms with E-state index < -0.39 is 0 Å². The van der Waals surface area contributed by atoms with Crippen LogP contribution in [0.25, 0.3) is 0 Å². The Labute approximate surface area is 51.0 Å². The predicted octanol–water partition coefficient (Wildman–Crippen LogP) is 1.25. The van der Waals surface area contributed by atoms with Crippen molar-refractivity contribution >= 4 is 0 Å². The minimum absolute atomic E-state index is 0.547. The van der Waals surface area contributed by atoms with Gasteiger partial charge in [0.05, 0.1) is 6.61 Å². The first-order valence-electron chi connectivity index (χ1n) is 2.68. The molecule has 0 spiro atoms. The summed E-state index contributed by atoms with van der Waals surface area (Å²) in [5, 5.41) is 0. The maximum atomic E-state index is 4.92. The summed E-state index contributed by atoms with van der Waals surface area (Å²) < 4.78 is 4.92. The van der Waals surface area contributed by atoms with Crippen molar-refractivity contribution in [2.45, 2.75) is 13.3 Å². The molecule has 0 aliphatic carbocycles. The van der Waals surface area contributed by atoms with Crippen LogP contribution in [0.4, 0.5) is 0 Å². The van der Waals surface area contributed by atoms with Crippen LogP contribution in [0.1, 0.15) is 13.3 Å². The van der Waals surface area contributed by atoms with Gasteiger partial charge in [-0.15, -0.1) is 11.8 Å². The van der Waals surface area contributed by atoms with Crippen molar-refractivity contribution in [3.8, 4) is 11.8 Å². The summed E-state index contributed by atoms with van der Waals surface area (Å²) in [6.07, 6.45) is 0.825. The minimum atomic E-state index is 0.547. The zero-order valence-corrected chi connectivity index (χ0v) is 5.24. The van der Waals surface area contributed by atoms with Crippen molar-refractivity contribution in [1.82, 2.24) is 0 Å². The lowest BCUT2D eigenvalue weighted by atomic mass is 10.4. The lowest BCUT2D eigenvalue weighted by Gasteiger charge is -1.91. The van der Waals surface area contributed by atoms with E-state index in [-0.39, 0.29) is 0 Å². The maximum Gasteiger partial charge on any atom is 0.0575 e. The van der Waals surface area contributed by atoms with Gasteiger partial charge in [0.2, 0.25) is 0 Å². The average Bonchev–Trinajstić information content (AvgIpc) is 1.81. The van der Waals surface area contributed by atoms with Crippen LogP contribution in [0.2, 0.25) is 0 Å². The smallest absolute Gasteiger partial charge is 0.0575 e. The van der Waals surface area contributed by atoms with Crippen molar-refractivity contribution in [2.75, 3.05) is 13.2 Å². The van der Waals surface area contributed by atoms with Gasteiger partial charge in [0, 0.05) is 13.0 Å². The van der Waals surface area contributed by atoms with Crippen LogP contribution in [0, 0.1) is 18.8 Å². The van der Waals surface area contributed by atoms with Crippen LogP contribution in [-0.4, -0.2) is 13.2 Å². The van der Waals surface area contributed by atoms with E-state index in [0.29, 0.717) is 13.2 Å². The quantitative estimate of drug-likeness (QED) is 0.393. The lowest BCUT2D eigenvalue weighted by molar-refractivity contribution is 0.167. The number of hydrogen-bond acceptors (Lipinski definition) is 1. The fourth-order valence-corrected chi connectivity index (χ4v) is 0.350. The number of hydrogen-bond donors (Lipinski definition) is 0. The molecule has 0 aliphatic heterocycles. The highest BCUT2D eigenvalue weighted by Crippen LogP contribution is 1.77. The zero-order chi connectivity index (χ0) is 6.24. The molecule has 1 heteroatoms. The van der Waals surface area contributed by atoms with Gasteiger partial charge in [0.25, 0.3) is 0 Å². The number of rotatable bonds is 3. The van der Waals surface area contributed by atoms with Crippen molar-refractivity contribution in [3.05, 3.63) is 6.92 Å². The van der Waals surface area contributed by atoms with Gasteiger partial charge in [0.15, 0.2) is 0 Å². The molecule has 0 atom stereocenters. The highest BCUT2D eigenvalue weighted by atomic mass is 16.5. The normalized spacial score (nSPS) is 7.75. The summed E-state index contributed by atoms with van der Waals surface area (Å²) in [5.41, 5.74) is 0. The van der Waals surface area contributed by atoms with Gasteiger partial charge in [-0.1, -0.05) is 0 Å². The summed E-state index contributed by atoms with van der Waals surface area (Å²) in [6, 6.07) is 0. The van der Waals surface area contributed by atoms with Gasteiger partial charge >= 0.3 is 0 Å². The second kappa shape index (κ2) is 6.52. The van der Waals surface area contributed by atoms with E-state index in [9.17, 15) is 0 Å². The van der Waals surface area contributed by atoms with E-state index in [1.54, 1.807) is 0 Å². The van der Waals surface area contributed by atoms with Crippen LogP contribution >= 0.6 is 0 Å². The Kier molecular flexibility index (Phi) is 6.13. The molecule has 0 amide bonds. The van der Waals surface area contributed by atoms with Crippen LogP contribution in [0.3, 0.4) is 0 Å². The van der Waals surface area contributed by atoms with Crippen molar-refractivity contribution < 1.29 is 4.74 Å². The van der Waals surface area contributed by atoms with E-state index in [1.807, 2.05) is 6.92 Å². The zero-order valence-electron chi connectivity index (χ0n) is 5.24. The lowest BCUT2D eigenvalue weighted by Crippen LogP contribution is -1.90. The second-order valence-corrected chi connectivity index (χ2v) is 1.29. The molecule has 0 aromatic heterocycles. The molecule has 0 rings (SSSR count). The molecule has 8 heavy (non-hydrogen) atoms. The molecule has 0 aromatic carbocycles. The summed E-state index contributed by atoms with van der Waals surface area (Å²) >= 11 is 0. The standard InChI is InChI=1S/C7H11O/c1-3-5-6-7-8-4-2/h2,4,6-7H2,1H3. The Morgan fingerprint density at radius 3 is 2.88 bits per heavy atom.